The predicted molar refractivity (Wildman–Crippen MR) is 55.0 cm³/mol. The van der Waals surface area contributed by atoms with Gasteiger partial charge in [0, 0.05) is 11.6 Å². The van der Waals surface area contributed by atoms with Gasteiger partial charge >= 0.3 is 6.09 Å². The maximum Gasteiger partial charge on any atom is 0.407 e. The van der Waals surface area contributed by atoms with Gasteiger partial charge in [-0.1, -0.05) is 0 Å². The zero-order valence-electron chi connectivity index (χ0n) is 8.06. The second kappa shape index (κ2) is 2.96. The Morgan fingerprint density at radius 2 is 2.60 bits per heavy atom. The minimum atomic E-state index is -0.357. The van der Waals surface area contributed by atoms with Crippen LogP contribution in [0.2, 0.25) is 0 Å². The molecule has 3 heterocycles. The first-order chi connectivity index (χ1) is 7.25. The van der Waals surface area contributed by atoms with E-state index in [4.69, 9.17) is 4.74 Å². The van der Waals surface area contributed by atoms with E-state index in [1.807, 2.05) is 22.9 Å². The molecule has 2 aromatic heterocycles. The first-order valence-corrected chi connectivity index (χ1v) is 5.49. The molecular formula is C9H9N3O2S. The van der Waals surface area contributed by atoms with Crippen molar-refractivity contribution in [2.45, 2.75) is 13.0 Å². The van der Waals surface area contributed by atoms with Gasteiger partial charge in [-0.05, 0) is 6.92 Å². The van der Waals surface area contributed by atoms with Crippen molar-refractivity contribution < 1.29 is 9.53 Å². The molecular weight excluding hydrogens is 214 g/mol. The molecule has 0 aromatic carbocycles. The van der Waals surface area contributed by atoms with Gasteiger partial charge < -0.3 is 10.1 Å². The van der Waals surface area contributed by atoms with E-state index in [1.54, 1.807) is 11.3 Å². The van der Waals surface area contributed by atoms with Crippen LogP contribution in [0.4, 0.5) is 4.79 Å². The Morgan fingerprint density at radius 3 is 3.33 bits per heavy atom. The second-order valence-corrected chi connectivity index (χ2v) is 4.31. The number of aromatic nitrogens is 2. The first kappa shape index (κ1) is 8.72. The molecule has 5 nitrogen and oxygen atoms in total. The molecule has 1 aliphatic heterocycles. The standard InChI is InChI=1S/C9H9N3O2S/c1-5-7(6-4-14-9(13)11-6)12-2-3-15-8(12)10-5/h2-3,6H,4H2,1H3,(H,11,13). The van der Waals surface area contributed by atoms with E-state index >= 15 is 0 Å². The van der Waals surface area contributed by atoms with E-state index in [2.05, 4.69) is 10.3 Å². The molecule has 1 saturated heterocycles. The van der Waals surface area contributed by atoms with E-state index in [0.29, 0.717) is 6.61 Å². The van der Waals surface area contributed by atoms with Gasteiger partial charge in [0.1, 0.15) is 12.6 Å². The minimum Gasteiger partial charge on any atom is -0.447 e. The number of carbonyl (C=O) groups is 1. The third-order valence-corrected chi connectivity index (χ3v) is 3.24. The number of hydrogen-bond acceptors (Lipinski definition) is 4. The zero-order valence-corrected chi connectivity index (χ0v) is 8.87. The van der Waals surface area contributed by atoms with Crippen LogP contribution in [0.25, 0.3) is 4.96 Å². The number of nitrogens with one attached hydrogen (secondary N) is 1. The number of cyclic esters (lactones) is 1. The fraction of sp³-hybridized carbons (Fsp3) is 0.333. The number of alkyl carbamates (subject to hydrolysis) is 1. The molecule has 1 N–H and O–H groups in total. The molecule has 6 heteroatoms. The Kier molecular flexibility index (Phi) is 1.72. The van der Waals surface area contributed by atoms with Crippen LogP contribution in [0.15, 0.2) is 11.6 Å². The van der Waals surface area contributed by atoms with Gasteiger partial charge in [-0.2, -0.15) is 0 Å². The van der Waals surface area contributed by atoms with E-state index in [-0.39, 0.29) is 12.1 Å². The molecule has 1 amide bonds. The minimum absolute atomic E-state index is 0.0814. The lowest BCUT2D eigenvalue weighted by molar-refractivity contribution is 0.176. The van der Waals surface area contributed by atoms with Crippen molar-refractivity contribution in [1.82, 2.24) is 14.7 Å². The van der Waals surface area contributed by atoms with Crippen LogP contribution in [-0.2, 0) is 4.74 Å². The lowest BCUT2D eigenvalue weighted by Crippen LogP contribution is -2.20. The predicted octanol–water partition coefficient (Wildman–Crippen LogP) is 1.49. The number of hydrogen-bond donors (Lipinski definition) is 1. The van der Waals surface area contributed by atoms with Gasteiger partial charge in [0.25, 0.3) is 0 Å². The molecule has 3 rings (SSSR count). The van der Waals surface area contributed by atoms with Gasteiger partial charge in [0.2, 0.25) is 0 Å². The summed E-state index contributed by atoms with van der Waals surface area (Å²) in [6.07, 6.45) is 1.60. The summed E-state index contributed by atoms with van der Waals surface area (Å²) >= 11 is 1.58. The third kappa shape index (κ3) is 1.21. The van der Waals surface area contributed by atoms with Gasteiger partial charge in [-0.15, -0.1) is 11.3 Å². The zero-order chi connectivity index (χ0) is 10.4. The number of amides is 1. The highest BCUT2D eigenvalue weighted by Crippen LogP contribution is 2.25. The molecule has 2 aromatic rings. The smallest absolute Gasteiger partial charge is 0.407 e. The van der Waals surface area contributed by atoms with Crippen LogP contribution < -0.4 is 5.32 Å². The SMILES string of the molecule is Cc1nc2sccn2c1C1COC(=O)N1. The van der Waals surface area contributed by atoms with Crippen molar-refractivity contribution in [1.29, 1.82) is 0 Å². The fourth-order valence-electron chi connectivity index (χ4n) is 1.86. The van der Waals surface area contributed by atoms with Crippen molar-refractivity contribution >= 4 is 22.4 Å². The summed E-state index contributed by atoms with van der Waals surface area (Å²) in [6.45, 7) is 2.32. The van der Waals surface area contributed by atoms with E-state index in [1.165, 1.54) is 0 Å². The highest BCUT2D eigenvalue weighted by atomic mass is 32.1. The van der Waals surface area contributed by atoms with Crippen LogP contribution in [0.3, 0.4) is 0 Å². The maximum absolute atomic E-state index is 11.0. The number of aryl methyl sites for hydroxylation is 1. The van der Waals surface area contributed by atoms with E-state index in [0.717, 1.165) is 16.3 Å². The molecule has 0 bridgehead atoms. The largest absolute Gasteiger partial charge is 0.447 e. The van der Waals surface area contributed by atoms with E-state index < -0.39 is 0 Å². The lowest BCUT2D eigenvalue weighted by atomic mass is 10.2. The van der Waals surface area contributed by atoms with Crippen molar-refractivity contribution in [3.05, 3.63) is 23.0 Å². The van der Waals surface area contributed by atoms with Crippen molar-refractivity contribution in [3.8, 4) is 0 Å². The van der Waals surface area contributed by atoms with Crippen molar-refractivity contribution in [3.63, 3.8) is 0 Å². The van der Waals surface area contributed by atoms with Gasteiger partial charge in [-0.3, -0.25) is 4.40 Å². The molecule has 1 unspecified atom stereocenters. The molecule has 78 valence electrons. The van der Waals surface area contributed by atoms with Crippen LogP contribution >= 0.6 is 11.3 Å². The van der Waals surface area contributed by atoms with Gasteiger partial charge in [-0.25, -0.2) is 9.78 Å². The maximum atomic E-state index is 11.0. The average molecular weight is 223 g/mol. The summed E-state index contributed by atoms with van der Waals surface area (Å²) in [5.74, 6) is 0. The number of thiazole rings is 1. The summed E-state index contributed by atoms with van der Waals surface area (Å²) in [5.41, 5.74) is 1.95. The van der Waals surface area contributed by atoms with Gasteiger partial charge in [0.05, 0.1) is 11.4 Å². The first-order valence-electron chi connectivity index (χ1n) is 4.61. The van der Waals surface area contributed by atoms with Crippen molar-refractivity contribution in [2.24, 2.45) is 0 Å². The molecule has 1 atom stereocenters. The fourth-order valence-corrected chi connectivity index (χ4v) is 2.63. The second-order valence-electron chi connectivity index (χ2n) is 3.43. The summed E-state index contributed by atoms with van der Waals surface area (Å²) in [5, 5.41) is 4.74. The molecule has 1 fully saturated rings. The molecule has 0 spiro atoms. The normalized spacial score (nSPS) is 20.6. The Balaban J connectivity index is 2.12. The molecule has 0 saturated carbocycles. The molecule has 0 aliphatic carbocycles. The number of carbonyl (C=O) groups excluding carboxylic acids is 1. The monoisotopic (exact) mass is 223 g/mol. The number of imidazole rings is 1. The Labute approximate surface area is 89.7 Å². The van der Waals surface area contributed by atoms with Crippen LogP contribution in [0, 0.1) is 6.92 Å². The quantitative estimate of drug-likeness (QED) is 0.796. The van der Waals surface area contributed by atoms with Crippen LogP contribution in [-0.4, -0.2) is 22.1 Å². The van der Waals surface area contributed by atoms with E-state index in [9.17, 15) is 4.79 Å². The molecule has 1 aliphatic rings. The van der Waals surface area contributed by atoms with Crippen molar-refractivity contribution in [2.75, 3.05) is 6.61 Å². The summed E-state index contributed by atoms with van der Waals surface area (Å²) < 4.78 is 6.88. The Bertz CT molecular complexity index is 530. The number of fused-ring (bicyclic) bond motifs is 1. The number of nitrogens with zero attached hydrogens (tertiary/aromatic N) is 2. The highest BCUT2D eigenvalue weighted by molar-refractivity contribution is 7.15. The Morgan fingerprint density at radius 1 is 1.73 bits per heavy atom. The highest BCUT2D eigenvalue weighted by Gasteiger charge is 2.28. The summed E-state index contributed by atoms with van der Waals surface area (Å²) in [6, 6.07) is -0.0814. The number of ether oxygens (including phenoxy) is 1. The summed E-state index contributed by atoms with van der Waals surface area (Å²) in [4.78, 5) is 16.3. The topological polar surface area (TPSA) is 55.6 Å². The third-order valence-electron chi connectivity index (χ3n) is 2.49. The Hall–Kier alpha value is -1.56. The summed E-state index contributed by atoms with van der Waals surface area (Å²) in [7, 11) is 0. The lowest BCUT2D eigenvalue weighted by Gasteiger charge is -2.06. The van der Waals surface area contributed by atoms with Gasteiger partial charge in [0.15, 0.2) is 4.96 Å². The molecule has 0 radical (unpaired) electrons. The molecule has 15 heavy (non-hydrogen) atoms. The van der Waals surface area contributed by atoms with Crippen LogP contribution in [0.5, 0.6) is 0 Å². The average Bonchev–Trinajstić information content (AvgIpc) is 2.81. The number of rotatable bonds is 1. The van der Waals surface area contributed by atoms with Crippen LogP contribution in [0.1, 0.15) is 17.4 Å².